The van der Waals surface area contributed by atoms with Crippen LogP contribution in [0.25, 0.3) is 0 Å². The Kier molecular flexibility index (Phi) is 10.1. The lowest BCUT2D eigenvalue weighted by Gasteiger charge is -2.38. The summed E-state index contributed by atoms with van der Waals surface area (Å²) < 4.78 is 16.2. The molecular weight excluding hydrogens is 500 g/mol. The van der Waals surface area contributed by atoms with Gasteiger partial charge in [-0.1, -0.05) is 41.9 Å². The maximum Gasteiger partial charge on any atom is 0.303 e. The van der Waals surface area contributed by atoms with Gasteiger partial charge in [0.1, 0.15) is 5.75 Å². The molecule has 11 heteroatoms. The number of carbonyl (C=O) groups is 3. The highest BCUT2D eigenvalue weighted by molar-refractivity contribution is 6.33. The minimum atomic E-state index is -1.01. The minimum absolute atomic E-state index is 0.226. The molecule has 200 valence electrons. The second-order valence-corrected chi connectivity index (χ2v) is 9.12. The first-order chi connectivity index (χ1) is 17.7. The molecule has 1 unspecified atom stereocenters. The van der Waals surface area contributed by atoms with Crippen LogP contribution in [0.15, 0.2) is 42.5 Å². The number of ether oxygens (including phenoxy) is 3. The van der Waals surface area contributed by atoms with E-state index >= 15 is 0 Å². The first kappa shape index (κ1) is 28.2. The van der Waals surface area contributed by atoms with Crippen LogP contribution < -0.4 is 21.1 Å². The van der Waals surface area contributed by atoms with E-state index in [0.29, 0.717) is 55.2 Å². The first-order valence-corrected chi connectivity index (χ1v) is 12.3. The van der Waals surface area contributed by atoms with Gasteiger partial charge in [0.25, 0.3) is 11.8 Å². The number of hydrogen-bond acceptors (Lipinski definition) is 8. The highest BCUT2D eigenvalue weighted by Crippen LogP contribution is 2.29. The van der Waals surface area contributed by atoms with Crippen molar-refractivity contribution in [2.75, 3.05) is 46.1 Å². The standard InChI is InChI=1S/C26H33ClN4O6/c1-16(32)37-24(17-7-5-4-6-8-17)26(34)29-10-12-31-11-9-21(23(15-31)36-3)30-25(33)18-13-19(27)20(28)14-22(18)35-2/h4-8,13-14,21,23-24H,9-12,15,28H2,1-3H3,(H,29,34)(H,30,33)/t21-,23+,24?/m0/s1. The van der Waals surface area contributed by atoms with Gasteiger partial charge in [-0.3, -0.25) is 19.3 Å². The number of nitrogens with two attached hydrogens (primary N) is 1. The van der Waals surface area contributed by atoms with E-state index in [1.807, 2.05) is 6.07 Å². The number of nitrogen functional groups attached to an aromatic ring is 1. The average molecular weight is 533 g/mol. The van der Waals surface area contributed by atoms with Gasteiger partial charge in [-0.05, 0) is 12.5 Å². The Morgan fingerprint density at radius 1 is 1.19 bits per heavy atom. The van der Waals surface area contributed by atoms with Crippen LogP contribution in [0.1, 0.15) is 35.4 Å². The van der Waals surface area contributed by atoms with Gasteiger partial charge in [-0.2, -0.15) is 0 Å². The molecule has 2 amide bonds. The van der Waals surface area contributed by atoms with Crippen LogP contribution in [-0.2, 0) is 19.1 Å². The third kappa shape index (κ3) is 7.58. The quantitative estimate of drug-likeness (QED) is 0.313. The largest absolute Gasteiger partial charge is 0.496 e. The van der Waals surface area contributed by atoms with E-state index in [-0.39, 0.29) is 29.0 Å². The summed E-state index contributed by atoms with van der Waals surface area (Å²) >= 11 is 6.11. The Bertz CT molecular complexity index is 1100. The number of anilines is 1. The Morgan fingerprint density at radius 2 is 1.92 bits per heavy atom. The minimum Gasteiger partial charge on any atom is -0.496 e. The molecule has 1 aliphatic heterocycles. The molecule has 0 aromatic heterocycles. The zero-order valence-corrected chi connectivity index (χ0v) is 21.9. The molecule has 0 saturated carbocycles. The number of rotatable bonds is 10. The monoisotopic (exact) mass is 532 g/mol. The number of hydrogen-bond donors (Lipinski definition) is 3. The van der Waals surface area contributed by atoms with E-state index < -0.39 is 12.1 Å². The summed E-state index contributed by atoms with van der Waals surface area (Å²) in [5.74, 6) is -0.911. The maximum absolute atomic E-state index is 13.0. The second-order valence-electron chi connectivity index (χ2n) is 8.71. The van der Waals surface area contributed by atoms with E-state index in [0.717, 1.165) is 0 Å². The fourth-order valence-electron chi connectivity index (χ4n) is 4.25. The summed E-state index contributed by atoms with van der Waals surface area (Å²) in [6.07, 6.45) is -0.629. The van der Waals surface area contributed by atoms with Gasteiger partial charge in [0.15, 0.2) is 0 Å². The molecule has 0 spiro atoms. The SMILES string of the molecule is COc1cc(N)c(Cl)cc1C(=O)N[C@H]1CCN(CCNC(=O)C(OC(C)=O)c2ccccc2)C[C@H]1OC. The fourth-order valence-corrected chi connectivity index (χ4v) is 4.41. The average Bonchev–Trinajstić information content (AvgIpc) is 2.89. The number of nitrogens with zero attached hydrogens (tertiary/aromatic N) is 1. The summed E-state index contributed by atoms with van der Waals surface area (Å²) in [6, 6.07) is 11.7. The molecule has 2 aromatic rings. The molecule has 10 nitrogen and oxygen atoms in total. The summed E-state index contributed by atoms with van der Waals surface area (Å²) in [4.78, 5) is 39.4. The number of amides is 2. The number of methoxy groups -OCH3 is 2. The van der Waals surface area contributed by atoms with Crippen molar-refractivity contribution < 1.29 is 28.6 Å². The van der Waals surface area contributed by atoms with Crippen molar-refractivity contribution >= 4 is 35.1 Å². The van der Waals surface area contributed by atoms with E-state index in [9.17, 15) is 14.4 Å². The maximum atomic E-state index is 13.0. The molecule has 0 radical (unpaired) electrons. The normalized spacial score (nSPS) is 18.5. The molecule has 3 rings (SSSR count). The molecular formula is C26H33ClN4O6. The lowest BCUT2D eigenvalue weighted by atomic mass is 10.0. The third-order valence-corrected chi connectivity index (χ3v) is 6.50. The lowest BCUT2D eigenvalue weighted by Crippen LogP contribution is -2.55. The van der Waals surface area contributed by atoms with Crippen molar-refractivity contribution in [3.8, 4) is 5.75 Å². The molecule has 37 heavy (non-hydrogen) atoms. The van der Waals surface area contributed by atoms with Crippen molar-refractivity contribution in [1.29, 1.82) is 0 Å². The van der Waals surface area contributed by atoms with Crippen molar-refractivity contribution in [2.45, 2.75) is 31.6 Å². The van der Waals surface area contributed by atoms with Gasteiger partial charge >= 0.3 is 5.97 Å². The lowest BCUT2D eigenvalue weighted by molar-refractivity contribution is -0.154. The predicted octanol–water partition coefficient (Wildman–Crippen LogP) is 2.17. The molecule has 0 aliphatic carbocycles. The van der Waals surface area contributed by atoms with Crippen LogP contribution in [0, 0.1) is 0 Å². The molecule has 4 N–H and O–H groups in total. The van der Waals surface area contributed by atoms with Gasteiger partial charge in [0.05, 0.1) is 35.5 Å². The van der Waals surface area contributed by atoms with Crippen LogP contribution in [0.2, 0.25) is 5.02 Å². The molecule has 1 saturated heterocycles. The van der Waals surface area contributed by atoms with E-state index in [1.54, 1.807) is 31.4 Å². The summed E-state index contributed by atoms with van der Waals surface area (Å²) in [5.41, 5.74) is 7.04. The van der Waals surface area contributed by atoms with Crippen molar-refractivity contribution in [3.63, 3.8) is 0 Å². The second kappa shape index (κ2) is 13.3. The highest BCUT2D eigenvalue weighted by Gasteiger charge is 2.31. The first-order valence-electron chi connectivity index (χ1n) is 11.9. The number of esters is 1. The van der Waals surface area contributed by atoms with Gasteiger partial charge in [-0.15, -0.1) is 0 Å². The number of nitrogens with one attached hydrogen (secondary N) is 2. The number of piperidine rings is 1. The number of halogens is 1. The van der Waals surface area contributed by atoms with Crippen LogP contribution in [-0.4, -0.2) is 75.2 Å². The van der Waals surface area contributed by atoms with Gasteiger partial charge in [0, 0.05) is 51.8 Å². The fraction of sp³-hybridized carbons (Fsp3) is 0.423. The van der Waals surface area contributed by atoms with Gasteiger partial charge in [0.2, 0.25) is 6.10 Å². The van der Waals surface area contributed by atoms with E-state index in [4.69, 9.17) is 31.5 Å². The summed E-state index contributed by atoms with van der Waals surface area (Å²) in [5, 5.41) is 6.14. The molecule has 1 fully saturated rings. The number of likely N-dealkylation sites (tertiary alicyclic amines) is 1. The van der Waals surface area contributed by atoms with Crippen LogP contribution in [0.3, 0.4) is 0 Å². The Hall–Kier alpha value is -3.34. The predicted molar refractivity (Wildman–Crippen MR) is 139 cm³/mol. The molecule has 3 atom stereocenters. The third-order valence-electron chi connectivity index (χ3n) is 6.18. The van der Waals surface area contributed by atoms with Crippen LogP contribution >= 0.6 is 11.6 Å². The van der Waals surface area contributed by atoms with Crippen LogP contribution in [0.4, 0.5) is 5.69 Å². The Morgan fingerprint density at radius 3 is 2.57 bits per heavy atom. The number of benzene rings is 2. The van der Waals surface area contributed by atoms with Gasteiger partial charge in [-0.25, -0.2) is 0 Å². The highest BCUT2D eigenvalue weighted by atomic mass is 35.5. The smallest absolute Gasteiger partial charge is 0.303 e. The van der Waals surface area contributed by atoms with E-state index in [2.05, 4.69) is 15.5 Å². The van der Waals surface area contributed by atoms with Crippen molar-refractivity contribution in [1.82, 2.24) is 15.5 Å². The molecule has 1 aliphatic rings. The van der Waals surface area contributed by atoms with Crippen molar-refractivity contribution in [2.24, 2.45) is 0 Å². The number of carbonyl (C=O) groups excluding carboxylic acids is 3. The summed E-state index contributed by atoms with van der Waals surface area (Å²) in [6.45, 7) is 3.44. The Labute approximate surface area is 221 Å². The van der Waals surface area contributed by atoms with Gasteiger partial charge < -0.3 is 30.6 Å². The molecule has 2 aromatic carbocycles. The van der Waals surface area contributed by atoms with Crippen LogP contribution in [0.5, 0.6) is 5.75 Å². The zero-order chi connectivity index (χ0) is 26.9. The molecule has 1 heterocycles. The zero-order valence-electron chi connectivity index (χ0n) is 21.2. The summed E-state index contributed by atoms with van der Waals surface area (Å²) in [7, 11) is 3.06. The molecule has 0 bridgehead atoms. The Balaban J connectivity index is 1.54. The van der Waals surface area contributed by atoms with E-state index in [1.165, 1.54) is 26.2 Å². The van der Waals surface area contributed by atoms with Crippen molar-refractivity contribution in [3.05, 3.63) is 58.6 Å². The topological polar surface area (TPSA) is 132 Å².